The fraction of sp³-hybridized carbons (Fsp3) is 0.667. The van der Waals surface area contributed by atoms with Crippen LogP contribution in [-0.4, -0.2) is 50.3 Å². The lowest BCUT2D eigenvalue weighted by molar-refractivity contribution is 0.219. The molecule has 0 radical (unpaired) electrons. The maximum atomic E-state index is 4.50. The number of piperidine rings is 1. The van der Waals surface area contributed by atoms with Crippen molar-refractivity contribution in [1.29, 1.82) is 0 Å². The van der Waals surface area contributed by atoms with Gasteiger partial charge in [-0.05, 0) is 39.8 Å². The van der Waals surface area contributed by atoms with Gasteiger partial charge in [0.15, 0.2) is 5.65 Å². The van der Waals surface area contributed by atoms with Gasteiger partial charge in [-0.15, -0.1) is 0 Å². The van der Waals surface area contributed by atoms with Crippen molar-refractivity contribution in [3.05, 3.63) is 12.5 Å². The lowest BCUT2D eigenvalue weighted by Crippen LogP contribution is -2.32. The van der Waals surface area contributed by atoms with E-state index in [4.69, 9.17) is 0 Å². The average molecular weight is 288 g/mol. The molecule has 0 unspecified atom stereocenters. The molecule has 6 nitrogen and oxygen atoms in total. The Kier molecular flexibility index (Phi) is 4.34. The molecule has 1 aliphatic rings. The largest absolute Gasteiger partial charge is 0.367 e. The number of aromatic nitrogens is 4. The minimum absolute atomic E-state index is 0.347. The third kappa shape index (κ3) is 3.32. The Bertz CT molecular complexity index is 585. The molecule has 1 aliphatic heterocycles. The summed E-state index contributed by atoms with van der Waals surface area (Å²) >= 11 is 0. The highest BCUT2D eigenvalue weighted by molar-refractivity contribution is 5.86. The topological polar surface area (TPSA) is 58.9 Å². The Morgan fingerprint density at radius 3 is 2.71 bits per heavy atom. The quantitative estimate of drug-likeness (QED) is 0.913. The lowest BCUT2D eigenvalue weighted by Gasteiger charge is -2.26. The zero-order valence-corrected chi connectivity index (χ0v) is 12.9. The summed E-state index contributed by atoms with van der Waals surface area (Å²) in [5.41, 5.74) is 0.921. The molecule has 0 atom stereocenters. The number of fused-ring (bicyclic) bond motifs is 1. The van der Waals surface area contributed by atoms with Crippen molar-refractivity contribution in [3.8, 4) is 0 Å². The molecule has 0 amide bonds. The Morgan fingerprint density at radius 1 is 1.14 bits per heavy atom. The fourth-order valence-corrected chi connectivity index (χ4v) is 2.86. The Balaban J connectivity index is 1.73. The summed E-state index contributed by atoms with van der Waals surface area (Å²) in [5, 5.41) is 8.85. The van der Waals surface area contributed by atoms with E-state index in [1.807, 2.05) is 10.9 Å². The smallest absolute Gasteiger partial charge is 0.163 e. The summed E-state index contributed by atoms with van der Waals surface area (Å²) < 4.78 is 2.00. The van der Waals surface area contributed by atoms with Crippen LogP contribution >= 0.6 is 0 Å². The van der Waals surface area contributed by atoms with Crippen molar-refractivity contribution in [1.82, 2.24) is 24.6 Å². The van der Waals surface area contributed by atoms with Crippen LogP contribution in [0.1, 0.15) is 33.1 Å². The number of nitrogens with zero attached hydrogens (tertiary/aromatic N) is 5. The van der Waals surface area contributed by atoms with E-state index in [0.29, 0.717) is 6.04 Å². The van der Waals surface area contributed by atoms with Crippen LogP contribution in [0.25, 0.3) is 11.0 Å². The fourth-order valence-electron chi connectivity index (χ4n) is 2.86. The molecule has 1 saturated heterocycles. The zero-order valence-electron chi connectivity index (χ0n) is 12.9. The van der Waals surface area contributed by atoms with E-state index in [0.717, 1.165) is 29.9 Å². The first kappa shape index (κ1) is 14.3. The summed E-state index contributed by atoms with van der Waals surface area (Å²) in [6.07, 6.45) is 7.51. The van der Waals surface area contributed by atoms with Crippen LogP contribution in [0.4, 0.5) is 5.82 Å². The van der Waals surface area contributed by atoms with Gasteiger partial charge >= 0.3 is 0 Å². The van der Waals surface area contributed by atoms with Crippen LogP contribution in [0.2, 0.25) is 0 Å². The molecule has 3 rings (SSSR count). The predicted molar refractivity (Wildman–Crippen MR) is 84.4 cm³/mol. The van der Waals surface area contributed by atoms with Crippen LogP contribution < -0.4 is 5.32 Å². The van der Waals surface area contributed by atoms with Crippen LogP contribution in [-0.2, 0) is 6.54 Å². The van der Waals surface area contributed by atoms with E-state index in [2.05, 4.69) is 39.1 Å². The second-order valence-corrected chi connectivity index (χ2v) is 6.03. The third-order valence-electron chi connectivity index (χ3n) is 3.94. The molecule has 0 saturated carbocycles. The van der Waals surface area contributed by atoms with E-state index in [1.54, 1.807) is 6.33 Å². The molecule has 0 aromatic carbocycles. The molecular weight excluding hydrogens is 264 g/mol. The first-order valence-corrected chi connectivity index (χ1v) is 7.89. The van der Waals surface area contributed by atoms with Gasteiger partial charge in [-0.3, -0.25) is 0 Å². The maximum Gasteiger partial charge on any atom is 0.163 e. The van der Waals surface area contributed by atoms with Crippen LogP contribution in [0.5, 0.6) is 0 Å². The van der Waals surface area contributed by atoms with Gasteiger partial charge in [0, 0.05) is 12.6 Å². The highest BCUT2D eigenvalue weighted by Gasteiger charge is 2.13. The van der Waals surface area contributed by atoms with Gasteiger partial charge < -0.3 is 10.2 Å². The van der Waals surface area contributed by atoms with Crippen LogP contribution in [0.15, 0.2) is 12.5 Å². The summed E-state index contributed by atoms with van der Waals surface area (Å²) in [6, 6.07) is 0.347. The normalized spacial score (nSPS) is 16.7. The minimum Gasteiger partial charge on any atom is -0.367 e. The first-order chi connectivity index (χ1) is 10.2. The average Bonchev–Trinajstić information content (AvgIpc) is 2.90. The number of hydrogen-bond donors (Lipinski definition) is 1. The molecule has 0 aliphatic carbocycles. The van der Waals surface area contributed by atoms with E-state index < -0.39 is 0 Å². The monoisotopic (exact) mass is 288 g/mol. The second kappa shape index (κ2) is 6.39. The highest BCUT2D eigenvalue weighted by Crippen LogP contribution is 2.19. The Hall–Kier alpha value is -1.69. The second-order valence-electron chi connectivity index (χ2n) is 6.03. The number of anilines is 1. The van der Waals surface area contributed by atoms with Gasteiger partial charge in [0.1, 0.15) is 12.1 Å². The number of likely N-dealkylation sites (tertiary alicyclic amines) is 1. The molecule has 114 valence electrons. The van der Waals surface area contributed by atoms with Gasteiger partial charge in [-0.2, -0.15) is 5.10 Å². The first-order valence-electron chi connectivity index (χ1n) is 7.89. The van der Waals surface area contributed by atoms with Gasteiger partial charge in [-0.1, -0.05) is 6.42 Å². The number of rotatable bonds is 5. The van der Waals surface area contributed by atoms with Crippen LogP contribution in [0, 0.1) is 0 Å². The number of nitrogens with one attached hydrogen (secondary N) is 1. The Morgan fingerprint density at radius 2 is 1.95 bits per heavy atom. The van der Waals surface area contributed by atoms with Gasteiger partial charge in [0.05, 0.1) is 18.1 Å². The molecular formula is C15H24N6. The molecule has 1 fully saturated rings. The SMILES string of the molecule is CC(C)Nc1ncnc2c1cnn2CCN1CCCCC1. The molecule has 6 heteroatoms. The van der Waals surface area contributed by atoms with Gasteiger partial charge in [-0.25, -0.2) is 14.6 Å². The van der Waals surface area contributed by atoms with Crippen molar-refractivity contribution < 1.29 is 0 Å². The van der Waals surface area contributed by atoms with E-state index >= 15 is 0 Å². The lowest BCUT2D eigenvalue weighted by atomic mass is 10.1. The number of hydrogen-bond acceptors (Lipinski definition) is 5. The summed E-state index contributed by atoms with van der Waals surface area (Å²) in [6.45, 7) is 8.58. The van der Waals surface area contributed by atoms with E-state index in [1.165, 1.54) is 32.4 Å². The van der Waals surface area contributed by atoms with Crippen molar-refractivity contribution in [3.63, 3.8) is 0 Å². The molecule has 21 heavy (non-hydrogen) atoms. The molecule has 0 spiro atoms. The third-order valence-corrected chi connectivity index (χ3v) is 3.94. The Labute approximate surface area is 125 Å². The standard InChI is InChI=1S/C15H24N6/c1-12(2)19-14-13-10-18-21(15(13)17-11-16-14)9-8-20-6-4-3-5-7-20/h10-12H,3-9H2,1-2H3,(H,16,17,19). The van der Waals surface area contributed by atoms with Crippen LogP contribution in [0.3, 0.4) is 0 Å². The molecule has 2 aromatic rings. The van der Waals surface area contributed by atoms with E-state index in [-0.39, 0.29) is 0 Å². The van der Waals surface area contributed by atoms with E-state index in [9.17, 15) is 0 Å². The van der Waals surface area contributed by atoms with Gasteiger partial charge in [0.25, 0.3) is 0 Å². The van der Waals surface area contributed by atoms with Crippen molar-refractivity contribution in [2.45, 2.75) is 45.7 Å². The zero-order chi connectivity index (χ0) is 14.7. The maximum absolute atomic E-state index is 4.50. The minimum atomic E-state index is 0.347. The van der Waals surface area contributed by atoms with Crippen molar-refractivity contribution in [2.24, 2.45) is 0 Å². The molecule has 3 heterocycles. The highest BCUT2D eigenvalue weighted by atomic mass is 15.3. The van der Waals surface area contributed by atoms with Crippen molar-refractivity contribution in [2.75, 3.05) is 25.0 Å². The predicted octanol–water partition coefficient (Wildman–Crippen LogP) is 2.13. The molecule has 2 aromatic heterocycles. The summed E-state index contributed by atoms with van der Waals surface area (Å²) in [4.78, 5) is 11.2. The summed E-state index contributed by atoms with van der Waals surface area (Å²) in [5.74, 6) is 0.874. The molecule has 0 bridgehead atoms. The summed E-state index contributed by atoms with van der Waals surface area (Å²) in [7, 11) is 0. The molecule has 1 N–H and O–H groups in total. The van der Waals surface area contributed by atoms with Crippen molar-refractivity contribution >= 4 is 16.9 Å². The van der Waals surface area contributed by atoms with Gasteiger partial charge in [0.2, 0.25) is 0 Å².